The number of nitrogens with two attached hydrogens (primary N) is 1. The number of carbonyl (C=O) groups excluding carboxylic acids is 1. The maximum Gasteiger partial charge on any atom is 0.274 e. The van der Waals surface area contributed by atoms with E-state index in [0.717, 1.165) is 23.4 Å². The molecule has 0 aromatic carbocycles. The molecule has 1 saturated heterocycles. The molecule has 2 N–H and O–H groups in total. The molecule has 2 aliphatic heterocycles. The molecule has 0 bridgehead atoms. The van der Waals surface area contributed by atoms with Gasteiger partial charge in [-0.15, -0.1) is 0 Å². The Hall–Kier alpha value is -2.48. The first kappa shape index (κ1) is 17.9. The summed E-state index contributed by atoms with van der Waals surface area (Å²) in [6.07, 6.45) is 4.00. The standard InChI is InChI=1S/C19H26N6O2/c1-12(2)25-13(3)10-15(23-25)17(26)24-7-5-19(6-8-24)16-14(4-9-27-19)11-21-18(20)22-16/h10-12H,4-9H2,1-3H3,(H2,20,21,22). The largest absolute Gasteiger partial charge is 0.368 e. The highest BCUT2D eigenvalue weighted by atomic mass is 16.5. The van der Waals surface area contributed by atoms with E-state index in [2.05, 4.69) is 28.9 Å². The zero-order valence-corrected chi connectivity index (χ0v) is 16.1. The summed E-state index contributed by atoms with van der Waals surface area (Å²) in [6, 6.07) is 2.10. The maximum absolute atomic E-state index is 12.9. The van der Waals surface area contributed by atoms with Crippen molar-refractivity contribution in [1.29, 1.82) is 0 Å². The second-order valence-corrected chi connectivity index (χ2v) is 7.70. The first-order valence-electron chi connectivity index (χ1n) is 9.51. The van der Waals surface area contributed by atoms with Crippen LogP contribution in [0.3, 0.4) is 0 Å². The highest BCUT2D eigenvalue weighted by Crippen LogP contribution is 2.40. The Kier molecular flexibility index (Phi) is 4.38. The number of anilines is 1. The van der Waals surface area contributed by atoms with E-state index in [0.29, 0.717) is 38.2 Å². The van der Waals surface area contributed by atoms with Gasteiger partial charge in [0, 0.05) is 31.0 Å². The lowest BCUT2D eigenvalue weighted by Crippen LogP contribution is -2.49. The van der Waals surface area contributed by atoms with Crippen LogP contribution in [0.25, 0.3) is 0 Å². The average Bonchev–Trinajstić information content (AvgIpc) is 3.05. The van der Waals surface area contributed by atoms with Crippen molar-refractivity contribution in [3.63, 3.8) is 0 Å². The van der Waals surface area contributed by atoms with Gasteiger partial charge in [-0.05, 0) is 51.7 Å². The van der Waals surface area contributed by atoms with E-state index in [1.165, 1.54) is 0 Å². The first-order valence-corrected chi connectivity index (χ1v) is 9.51. The molecule has 2 aromatic rings. The Balaban J connectivity index is 1.52. The van der Waals surface area contributed by atoms with E-state index in [-0.39, 0.29) is 17.9 Å². The zero-order valence-electron chi connectivity index (χ0n) is 16.1. The molecule has 0 saturated carbocycles. The van der Waals surface area contributed by atoms with Gasteiger partial charge in [-0.1, -0.05) is 0 Å². The lowest BCUT2D eigenvalue weighted by Gasteiger charge is -2.43. The maximum atomic E-state index is 12.9. The summed E-state index contributed by atoms with van der Waals surface area (Å²) < 4.78 is 8.06. The Labute approximate surface area is 158 Å². The predicted octanol–water partition coefficient (Wildman–Crippen LogP) is 1.85. The fourth-order valence-corrected chi connectivity index (χ4v) is 4.15. The summed E-state index contributed by atoms with van der Waals surface area (Å²) in [6.45, 7) is 7.96. The summed E-state index contributed by atoms with van der Waals surface area (Å²) >= 11 is 0. The quantitative estimate of drug-likeness (QED) is 0.866. The molecule has 2 aromatic heterocycles. The summed E-state index contributed by atoms with van der Waals surface area (Å²) in [4.78, 5) is 23.4. The van der Waals surface area contributed by atoms with Crippen LogP contribution in [0, 0.1) is 6.92 Å². The van der Waals surface area contributed by atoms with Crippen molar-refractivity contribution in [1.82, 2.24) is 24.6 Å². The molecule has 0 aliphatic carbocycles. The van der Waals surface area contributed by atoms with Gasteiger partial charge in [0.05, 0.1) is 12.3 Å². The van der Waals surface area contributed by atoms with E-state index in [1.54, 1.807) is 6.20 Å². The number of hydrogen-bond acceptors (Lipinski definition) is 6. The Morgan fingerprint density at radius 1 is 1.33 bits per heavy atom. The summed E-state index contributed by atoms with van der Waals surface area (Å²) in [7, 11) is 0. The lowest BCUT2D eigenvalue weighted by atomic mass is 9.83. The number of aromatic nitrogens is 4. The second kappa shape index (κ2) is 6.60. The number of fused-ring (bicyclic) bond motifs is 2. The summed E-state index contributed by atoms with van der Waals surface area (Å²) in [5.41, 5.74) is 8.85. The van der Waals surface area contributed by atoms with Crippen molar-refractivity contribution in [2.45, 2.75) is 51.7 Å². The molecule has 2 aliphatic rings. The molecular formula is C19H26N6O2. The number of ether oxygens (including phenoxy) is 1. The number of nitrogen functional groups attached to an aromatic ring is 1. The molecule has 0 unspecified atom stereocenters. The van der Waals surface area contributed by atoms with Crippen LogP contribution in [0.4, 0.5) is 5.95 Å². The van der Waals surface area contributed by atoms with Crippen molar-refractivity contribution in [3.8, 4) is 0 Å². The molecule has 0 radical (unpaired) electrons. The van der Waals surface area contributed by atoms with Crippen LogP contribution < -0.4 is 5.73 Å². The first-order chi connectivity index (χ1) is 12.9. The predicted molar refractivity (Wildman–Crippen MR) is 100 cm³/mol. The smallest absolute Gasteiger partial charge is 0.274 e. The van der Waals surface area contributed by atoms with E-state index in [9.17, 15) is 4.79 Å². The molecule has 1 amide bonds. The highest BCUT2D eigenvalue weighted by molar-refractivity contribution is 5.92. The number of hydrogen-bond donors (Lipinski definition) is 1. The topological polar surface area (TPSA) is 99.2 Å². The molecule has 1 spiro atoms. The third kappa shape index (κ3) is 3.07. The van der Waals surface area contributed by atoms with Gasteiger partial charge >= 0.3 is 0 Å². The van der Waals surface area contributed by atoms with E-state index < -0.39 is 5.60 Å². The van der Waals surface area contributed by atoms with E-state index in [4.69, 9.17) is 10.5 Å². The summed E-state index contributed by atoms with van der Waals surface area (Å²) in [5, 5.41) is 4.49. The fourth-order valence-electron chi connectivity index (χ4n) is 4.15. The van der Waals surface area contributed by atoms with Crippen LogP contribution in [-0.4, -0.2) is 50.3 Å². The number of piperidine rings is 1. The van der Waals surface area contributed by atoms with E-state index in [1.807, 2.05) is 22.6 Å². The highest BCUT2D eigenvalue weighted by Gasteiger charge is 2.43. The van der Waals surface area contributed by atoms with Gasteiger partial charge < -0.3 is 15.4 Å². The van der Waals surface area contributed by atoms with Crippen molar-refractivity contribution in [3.05, 3.63) is 34.9 Å². The molecule has 4 heterocycles. The van der Waals surface area contributed by atoms with Crippen LogP contribution in [0.15, 0.2) is 12.3 Å². The fraction of sp³-hybridized carbons (Fsp3) is 0.579. The Morgan fingerprint density at radius 3 is 2.74 bits per heavy atom. The molecule has 0 atom stereocenters. The van der Waals surface area contributed by atoms with Crippen LogP contribution in [0.5, 0.6) is 0 Å². The van der Waals surface area contributed by atoms with Gasteiger partial charge in [-0.25, -0.2) is 9.97 Å². The molecule has 8 heteroatoms. The summed E-state index contributed by atoms with van der Waals surface area (Å²) in [5.74, 6) is 0.248. The number of amides is 1. The van der Waals surface area contributed by atoms with Crippen molar-refractivity contribution >= 4 is 11.9 Å². The van der Waals surface area contributed by atoms with Gasteiger partial charge in [-0.2, -0.15) is 5.10 Å². The lowest BCUT2D eigenvalue weighted by molar-refractivity contribution is -0.0967. The Bertz CT molecular complexity index is 867. The second-order valence-electron chi connectivity index (χ2n) is 7.70. The van der Waals surface area contributed by atoms with Gasteiger partial charge in [0.2, 0.25) is 5.95 Å². The number of rotatable bonds is 2. The van der Waals surface area contributed by atoms with Crippen molar-refractivity contribution in [2.24, 2.45) is 0 Å². The molecule has 144 valence electrons. The van der Waals surface area contributed by atoms with Crippen LogP contribution in [0.1, 0.15) is 60.2 Å². The third-order valence-corrected chi connectivity index (χ3v) is 5.55. The molecule has 27 heavy (non-hydrogen) atoms. The number of likely N-dealkylation sites (tertiary alicyclic amines) is 1. The van der Waals surface area contributed by atoms with Crippen molar-refractivity contribution < 1.29 is 9.53 Å². The number of carbonyl (C=O) groups is 1. The molecule has 1 fully saturated rings. The number of aryl methyl sites for hydroxylation is 1. The minimum absolute atomic E-state index is 0.0226. The molecule has 4 rings (SSSR count). The number of nitrogens with zero attached hydrogens (tertiary/aromatic N) is 5. The normalized spacial score (nSPS) is 18.7. The van der Waals surface area contributed by atoms with Gasteiger partial charge in [-0.3, -0.25) is 9.48 Å². The van der Waals surface area contributed by atoms with Crippen LogP contribution in [0.2, 0.25) is 0 Å². The van der Waals surface area contributed by atoms with Gasteiger partial charge in [0.1, 0.15) is 5.60 Å². The molecular weight excluding hydrogens is 344 g/mol. The molecule has 8 nitrogen and oxygen atoms in total. The minimum Gasteiger partial charge on any atom is -0.368 e. The zero-order chi connectivity index (χ0) is 19.2. The van der Waals surface area contributed by atoms with Crippen molar-refractivity contribution in [2.75, 3.05) is 25.4 Å². The minimum atomic E-state index is -0.464. The van der Waals surface area contributed by atoms with Gasteiger partial charge in [0.15, 0.2) is 5.69 Å². The SMILES string of the molecule is Cc1cc(C(=O)N2CCC3(CC2)OCCc2cnc(N)nc23)nn1C(C)C. The monoisotopic (exact) mass is 370 g/mol. The Morgan fingerprint density at radius 2 is 2.07 bits per heavy atom. The van der Waals surface area contributed by atoms with Crippen LogP contribution >= 0.6 is 0 Å². The van der Waals surface area contributed by atoms with E-state index >= 15 is 0 Å². The third-order valence-electron chi connectivity index (χ3n) is 5.55. The average molecular weight is 370 g/mol. The van der Waals surface area contributed by atoms with Crippen LogP contribution in [-0.2, 0) is 16.8 Å². The van der Waals surface area contributed by atoms with Gasteiger partial charge in [0.25, 0.3) is 5.91 Å².